The Hall–Kier alpha value is -1.14. The van der Waals surface area contributed by atoms with Gasteiger partial charge in [0.15, 0.2) is 17.2 Å². The quantitative estimate of drug-likeness (QED) is 0.136. The zero-order valence-electron chi connectivity index (χ0n) is 16.5. The molecule has 0 saturated heterocycles. The van der Waals surface area contributed by atoms with Gasteiger partial charge in [0.25, 0.3) is 0 Å². The number of benzene rings is 2. The molecule has 30 heavy (non-hydrogen) atoms. The van der Waals surface area contributed by atoms with Gasteiger partial charge in [0, 0.05) is 13.6 Å². The van der Waals surface area contributed by atoms with E-state index in [9.17, 15) is 4.79 Å². The Morgan fingerprint density at radius 3 is 2.63 bits per heavy atom. The Kier molecular flexibility index (Phi) is 8.58. The highest BCUT2D eigenvalue weighted by Gasteiger charge is 2.25. The van der Waals surface area contributed by atoms with Crippen molar-refractivity contribution in [2.75, 3.05) is 13.2 Å². The molecule has 0 spiro atoms. The number of halogens is 3. The third-order valence-corrected chi connectivity index (χ3v) is 7.31. The van der Waals surface area contributed by atoms with E-state index < -0.39 is 5.97 Å². The fraction of sp³-hybridized carbons (Fsp3) is 0.273. The summed E-state index contributed by atoms with van der Waals surface area (Å²) in [6.07, 6.45) is 3.74. The third kappa shape index (κ3) is 5.76. The molecule has 0 aromatic heterocycles. The van der Waals surface area contributed by atoms with Gasteiger partial charge in [0.1, 0.15) is 0 Å². The number of hydrogen-bond donors (Lipinski definition) is 0. The van der Waals surface area contributed by atoms with Gasteiger partial charge >= 0.3 is 5.97 Å². The predicted octanol–water partition coefficient (Wildman–Crippen LogP) is 6.58. The van der Waals surface area contributed by atoms with Crippen molar-refractivity contribution < 1.29 is 19.0 Å². The molecule has 0 unspecified atom stereocenters. The Morgan fingerprint density at radius 2 is 1.93 bits per heavy atom. The molecule has 5 nitrogen and oxygen atoms in total. The minimum absolute atomic E-state index is 0.248. The Morgan fingerprint density at radius 1 is 1.13 bits per heavy atom. The number of carbonyl (C=O) groups excluding carboxylic acids is 1. The highest BCUT2D eigenvalue weighted by atomic mass is 127. The maximum Gasteiger partial charge on any atom is 0.363 e. The van der Waals surface area contributed by atoms with Crippen LogP contribution in [0.15, 0.2) is 45.5 Å². The smallest absolute Gasteiger partial charge is 0.363 e. The number of cyclic esters (lactones) is 1. The minimum atomic E-state index is -0.476. The molecule has 1 aliphatic heterocycles. The van der Waals surface area contributed by atoms with E-state index in [2.05, 4.69) is 73.0 Å². The van der Waals surface area contributed by atoms with Crippen LogP contribution in [0.3, 0.4) is 0 Å². The first kappa shape index (κ1) is 23.5. The number of carbonyl (C=O) groups is 1. The fourth-order valence-electron chi connectivity index (χ4n) is 2.71. The molecule has 0 aliphatic carbocycles. The van der Waals surface area contributed by atoms with Crippen LogP contribution < -0.4 is 9.47 Å². The zero-order valence-corrected chi connectivity index (χ0v) is 22.4. The van der Waals surface area contributed by atoms with Crippen LogP contribution in [0.2, 0.25) is 0 Å². The number of nitrogens with zero attached hydrogens (tertiary/aromatic N) is 1. The second-order valence-corrected chi connectivity index (χ2v) is 9.61. The van der Waals surface area contributed by atoms with Crippen LogP contribution in [-0.4, -0.2) is 25.1 Å². The van der Waals surface area contributed by atoms with Crippen molar-refractivity contribution >= 4 is 79.1 Å². The number of aliphatic imine (C=N–C) groups is 1. The first-order valence-corrected chi connectivity index (χ1v) is 12.4. The van der Waals surface area contributed by atoms with Crippen molar-refractivity contribution in [2.45, 2.75) is 26.7 Å². The standard InChI is InChI=1S/C22H20BrI2NO4/c1-3-5-8-29-20-17(25)9-13(11-19(20)28-4-2)10-18-22(27)30-21(26-18)14-6-7-16(24)15(23)12-14/h6-7,9-12H,3-5,8H2,1-2H3/b18-10-. The first-order chi connectivity index (χ1) is 14.4. The Labute approximate surface area is 211 Å². The largest absolute Gasteiger partial charge is 0.490 e. The van der Waals surface area contributed by atoms with Crippen molar-refractivity contribution in [3.8, 4) is 11.5 Å². The highest BCUT2D eigenvalue weighted by Crippen LogP contribution is 2.35. The summed E-state index contributed by atoms with van der Waals surface area (Å²) >= 11 is 7.94. The molecule has 0 fully saturated rings. The number of esters is 1. The average Bonchev–Trinajstić information content (AvgIpc) is 3.06. The molecular weight excluding hydrogens is 676 g/mol. The summed E-state index contributed by atoms with van der Waals surface area (Å²) in [5, 5.41) is 0. The number of ether oxygens (including phenoxy) is 3. The summed E-state index contributed by atoms with van der Waals surface area (Å²) in [7, 11) is 0. The second-order valence-electron chi connectivity index (χ2n) is 6.43. The maximum atomic E-state index is 12.4. The number of hydrogen-bond acceptors (Lipinski definition) is 5. The van der Waals surface area contributed by atoms with Crippen LogP contribution in [0.25, 0.3) is 6.08 Å². The van der Waals surface area contributed by atoms with Crippen molar-refractivity contribution in [1.82, 2.24) is 0 Å². The molecule has 3 rings (SSSR count). The van der Waals surface area contributed by atoms with E-state index in [-0.39, 0.29) is 5.70 Å². The van der Waals surface area contributed by atoms with Gasteiger partial charge < -0.3 is 14.2 Å². The molecule has 8 heteroatoms. The number of rotatable bonds is 8. The van der Waals surface area contributed by atoms with Crippen LogP contribution in [-0.2, 0) is 9.53 Å². The number of unbranched alkanes of at least 4 members (excludes halogenated alkanes) is 1. The van der Waals surface area contributed by atoms with Gasteiger partial charge in [-0.25, -0.2) is 9.79 Å². The molecule has 158 valence electrons. The summed E-state index contributed by atoms with van der Waals surface area (Å²) in [6, 6.07) is 9.50. The van der Waals surface area contributed by atoms with Crippen molar-refractivity contribution in [2.24, 2.45) is 4.99 Å². The molecule has 1 aliphatic rings. The molecular formula is C22H20BrI2NO4. The van der Waals surface area contributed by atoms with Crippen LogP contribution >= 0.6 is 61.1 Å². The molecule has 2 aromatic carbocycles. The van der Waals surface area contributed by atoms with E-state index in [1.165, 1.54) is 0 Å². The maximum absolute atomic E-state index is 12.4. The highest BCUT2D eigenvalue weighted by molar-refractivity contribution is 14.1. The summed E-state index contributed by atoms with van der Waals surface area (Å²) in [4.78, 5) is 16.8. The summed E-state index contributed by atoms with van der Waals surface area (Å²) in [5.41, 5.74) is 1.78. The van der Waals surface area contributed by atoms with E-state index in [0.29, 0.717) is 24.9 Å². The van der Waals surface area contributed by atoms with Crippen LogP contribution in [0.5, 0.6) is 11.5 Å². The lowest BCUT2D eigenvalue weighted by Crippen LogP contribution is -2.05. The third-order valence-electron chi connectivity index (χ3n) is 4.17. The lowest BCUT2D eigenvalue weighted by molar-refractivity contribution is -0.129. The summed E-state index contributed by atoms with van der Waals surface area (Å²) in [6.45, 7) is 5.21. The van der Waals surface area contributed by atoms with Gasteiger partial charge in [-0.2, -0.15) is 0 Å². The van der Waals surface area contributed by atoms with Gasteiger partial charge in [-0.05, 0) is 116 Å². The van der Waals surface area contributed by atoms with Gasteiger partial charge in [-0.1, -0.05) is 13.3 Å². The van der Waals surface area contributed by atoms with Crippen molar-refractivity contribution in [3.05, 3.63) is 58.8 Å². The Bertz CT molecular complexity index is 1020. The molecule has 0 N–H and O–H groups in total. The van der Waals surface area contributed by atoms with E-state index in [1.807, 2.05) is 37.3 Å². The molecule has 0 bridgehead atoms. The van der Waals surface area contributed by atoms with E-state index in [1.54, 1.807) is 6.08 Å². The van der Waals surface area contributed by atoms with E-state index in [0.717, 1.165) is 41.3 Å². The van der Waals surface area contributed by atoms with Crippen molar-refractivity contribution in [1.29, 1.82) is 0 Å². The molecule has 0 atom stereocenters. The fourth-order valence-corrected chi connectivity index (χ4v) is 4.21. The topological polar surface area (TPSA) is 57.1 Å². The lowest BCUT2D eigenvalue weighted by atomic mass is 10.1. The van der Waals surface area contributed by atoms with Gasteiger partial charge in [-0.3, -0.25) is 0 Å². The molecule has 0 amide bonds. The molecule has 0 saturated carbocycles. The van der Waals surface area contributed by atoms with Crippen LogP contribution in [0, 0.1) is 7.14 Å². The van der Waals surface area contributed by atoms with Gasteiger partial charge in [0.05, 0.1) is 16.8 Å². The first-order valence-electron chi connectivity index (χ1n) is 9.50. The van der Waals surface area contributed by atoms with Crippen LogP contribution in [0.4, 0.5) is 0 Å². The molecule has 1 heterocycles. The molecule has 0 radical (unpaired) electrons. The Balaban J connectivity index is 1.92. The average molecular weight is 696 g/mol. The zero-order chi connectivity index (χ0) is 21.7. The minimum Gasteiger partial charge on any atom is -0.490 e. The SMILES string of the molecule is CCCCOc1c(I)cc(/C=C2\N=C(c3ccc(I)c(Br)c3)OC2=O)cc1OCC. The molecule has 2 aromatic rings. The van der Waals surface area contributed by atoms with Crippen molar-refractivity contribution in [3.63, 3.8) is 0 Å². The summed E-state index contributed by atoms with van der Waals surface area (Å²) in [5.74, 6) is 1.21. The predicted molar refractivity (Wildman–Crippen MR) is 138 cm³/mol. The normalized spacial score (nSPS) is 14.6. The van der Waals surface area contributed by atoms with E-state index in [4.69, 9.17) is 14.2 Å². The second kappa shape index (κ2) is 10.9. The van der Waals surface area contributed by atoms with Gasteiger partial charge in [0.2, 0.25) is 5.90 Å². The lowest BCUT2D eigenvalue weighted by Gasteiger charge is -2.14. The van der Waals surface area contributed by atoms with Gasteiger partial charge in [-0.15, -0.1) is 0 Å². The van der Waals surface area contributed by atoms with E-state index >= 15 is 0 Å². The van der Waals surface area contributed by atoms with Crippen LogP contribution in [0.1, 0.15) is 37.8 Å². The monoisotopic (exact) mass is 695 g/mol. The summed E-state index contributed by atoms with van der Waals surface area (Å²) < 4.78 is 20.0.